The number of ketones is 2. The molecule has 0 saturated heterocycles. The molecule has 3 fully saturated rings. The van der Waals surface area contributed by atoms with Crippen LogP contribution in [0, 0.1) is 28.6 Å². The minimum absolute atomic E-state index is 0.0808. The first-order chi connectivity index (χ1) is 14.8. The second kappa shape index (κ2) is 7.63. The second-order valence-electron chi connectivity index (χ2n) is 12.0. The molecule has 3 saturated carbocycles. The minimum atomic E-state index is -1.45. The van der Waals surface area contributed by atoms with Crippen molar-refractivity contribution in [3.8, 4) is 0 Å². The molecule has 6 heteroatoms. The zero-order chi connectivity index (χ0) is 23.5. The van der Waals surface area contributed by atoms with Crippen LogP contribution in [0.1, 0.15) is 52.4 Å². The molecule has 0 spiro atoms. The van der Waals surface area contributed by atoms with E-state index in [0.29, 0.717) is 22.7 Å². The van der Waals surface area contributed by atoms with E-state index in [9.17, 15) is 19.5 Å². The Morgan fingerprint density at radius 2 is 1.81 bits per heavy atom. The molecule has 176 valence electrons. The third-order valence-corrected chi connectivity index (χ3v) is 9.14. The molecule has 0 aromatic carbocycles. The zero-order valence-corrected chi connectivity index (χ0v) is 20.1. The van der Waals surface area contributed by atoms with Crippen LogP contribution in [0.15, 0.2) is 23.8 Å². The molecule has 32 heavy (non-hydrogen) atoms. The van der Waals surface area contributed by atoms with Crippen molar-refractivity contribution in [2.24, 2.45) is 28.6 Å². The maximum atomic E-state index is 13.2. The van der Waals surface area contributed by atoms with Crippen LogP contribution in [0.2, 0.25) is 0 Å². The van der Waals surface area contributed by atoms with E-state index >= 15 is 0 Å². The molecule has 4 aliphatic rings. The van der Waals surface area contributed by atoms with Crippen LogP contribution in [0.4, 0.5) is 0 Å². The van der Waals surface area contributed by atoms with Gasteiger partial charge in [-0.2, -0.15) is 0 Å². The molecular formula is C26H38NO5+. The predicted octanol–water partition coefficient (Wildman–Crippen LogP) is 2.84. The van der Waals surface area contributed by atoms with Gasteiger partial charge in [-0.15, -0.1) is 0 Å². The standard InChI is InChI=1S/C26H38NO5/c1-24-11-8-18(28)14-17(24)6-7-19-20(24)9-12-25(2)21(19)10-13-26(25,31)22(29)16-32-23(30)15-27(3,4)5/h8,11,14,19-21,31H,6-7,9-10,12-13,15-16H2,1-5H3/q+1/t19-,20+,21-,24+,25-,26+/m1/s1. The molecule has 0 aromatic heterocycles. The fourth-order valence-electron chi connectivity index (χ4n) is 7.37. The summed E-state index contributed by atoms with van der Waals surface area (Å²) in [5.41, 5.74) is -0.828. The quantitative estimate of drug-likeness (QED) is 0.521. The Morgan fingerprint density at radius 3 is 2.50 bits per heavy atom. The van der Waals surface area contributed by atoms with Crippen molar-refractivity contribution in [3.05, 3.63) is 23.8 Å². The van der Waals surface area contributed by atoms with Gasteiger partial charge in [-0.3, -0.25) is 9.59 Å². The number of likely N-dealkylation sites (N-methyl/N-ethyl adjacent to an activating group) is 1. The summed E-state index contributed by atoms with van der Waals surface area (Å²) in [5.74, 6) is 0.386. The number of aliphatic hydroxyl groups is 1. The summed E-state index contributed by atoms with van der Waals surface area (Å²) in [6.45, 7) is 4.14. The number of rotatable bonds is 5. The molecule has 0 bridgehead atoms. The van der Waals surface area contributed by atoms with Gasteiger partial charge < -0.3 is 14.3 Å². The smallest absolute Gasteiger partial charge is 0.362 e. The molecule has 0 heterocycles. The second-order valence-corrected chi connectivity index (χ2v) is 12.0. The van der Waals surface area contributed by atoms with Gasteiger partial charge in [0.1, 0.15) is 5.60 Å². The van der Waals surface area contributed by atoms with Crippen LogP contribution in [0.3, 0.4) is 0 Å². The van der Waals surface area contributed by atoms with Gasteiger partial charge in [0.05, 0.1) is 21.1 Å². The summed E-state index contributed by atoms with van der Waals surface area (Å²) in [6, 6.07) is 0. The van der Waals surface area contributed by atoms with E-state index in [4.69, 9.17) is 4.74 Å². The van der Waals surface area contributed by atoms with Gasteiger partial charge in [-0.05, 0) is 68.4 Å². The number of hydrogen-bond acceptors (Lipinski definition) is 5. The zero-order valence-electron chi connectivity index (χ0n) is 20.1. The first-order valence-electron chi connectivity index (χ1n) is 12.0. The Kier molecular flexibility index (Phi) is 5.57. The fraction of sp³-hybridized carbons (Fsp3) is 0.731. The highest BCUT2D eigenvalue weighted by Crippen LogP contribution is 2.67. The molecule has 0 aromatic rings. The largest absolute Gasteiger partial charge is 0.453 e. The molecule has 6 nitrogen and oxygen atoms in total. The highest BCUT2D eigenvalue weighted by molar-refractivity contribution is 6.01. The van der Waals surface area contributed by atoms with Crippen molar-refractivity contribution in [2.45, 2.75) is 58.0 Å². The molecule has 4 rings (SSSR count). The normalized spacial score (nSPS) is 40.8. The lowest BCUT2D eigenvalue weighted by Gasteiger charge is -2.57. The number of allylic oxidation sites excluding steroid dienone is 4. The molecule has 1 N–H and O–H groups in total. The van der Waals surface area contributed by atoms with Crippen LogP contribution in [-0.2, 0) is 19.1 Å². The number of esters is 1. The highest BCUT2D eigenvalue weighted by atomic mass is 16.5. The number of ether oxygens (including phenoxy) is 1. The van der Waals surface area contributed by atoms with Gasteiger partial charge in [-0.25, -0.2) is 4.79 Å². The van der Waals surface area contributed by atoms with Crippen LogP contribution >= 0.6 is 0 Å². The molecule has 4 aliphatic carbocycles. The summed E-state index contributed by atoms with van der Waals surface area (Å²) in [6.07, 6.45) is 10.4. The van der Waals surface area contributed by atoms with Gasteiger partial charge in [0.2, 0.25) is 5.78 Å². The van der Waals surface area contributed by atoms with Crippen LogP contribution in [0.25, 0.3) is 0 Å². The predicted molar refractivity (Wildman–Crippen MR) is 120 cm³/mol. The van der Waals surface area contributed by atoms with E-state index in [1.807, 2.05) is 27.2 Å². The lowest BCUT2D eigenvalue weighted by Crippen LogP contribution is -2.58. The average Bonchev–Trinajstić information content (AvgIpc) is 2.97. The van der Waals surface area contributed by atoms with Crippen molar-refractivity contribution >= 4 is 17.5 Å². The van der Waals surface area contributed by atoms with Crippen molar-refractivity contribution in [2.75, 3.05) is 34.3 Å². The van der Waals surface area contributed by atoms with Gasteiger partial charge in [0.15, 0.2) is 18.9 Å². The van der Waals surface area contributed by atoms with Crippen molar-refractivity contribution in [3.63, 3.8) is 0 Å². The molecule has 0 radical (unpaired) electrons. The number of Topliss-reactive ketones (excluding diaryl/α,β-unsaturated/α-hetero) is 1. The fourth-order valence-corrected chi connectivity index (χ4v) is 7.37. The van der Waals surface area contributed by atoms with Crippen LogP contribution < -0.4 is 0 Å². The van der Waals surface area contributed by atoms with E-state index in [1.54, 1.807) is 6.08 Å². The summed E-state index contributed by atoms with van der Waals surface area (Å²) < 4.78 is 5.70. The number of fused-ring (bicyclic) bond motifs is 5. The van der Waals surface area contributed by atoms with Crippen molar-refractivity contribution in [1.82, 2.24) is 0 Å². The number of nitrogens with zero attached hydrogens (tertiary/aromatic N) is 1. The van der Waals surface area contributed by atoms with Crippen LogP contribution in [-0.4, -0.2) is 67.0 Å². The number of quaternary nitrogens is 1. The van der Waals surface area contributed by atoms with E-state index in [1.165, 1.54) is 5.57 Å². The van der Waals surface area contributed by atoms with E-state index in [2.05, 4.69) is 19.9 Å². The maximum Gasteiger partial charge on any atom is 0.362 e. The Labute approximate surface area is 191 Å². The Bertz CT molecular complexity index is 898. The Balaban J connectivity index is 1.51. The highest BCUT2D eigenvalue weighted by Gasteiger charge is 2.66. The average molecular weight is 445 g/mol. The summed E-state index contributed by atoms with van der Waals surface area (Å²) in [4.78, 5) is 37.2. The molecule has 0 amide bonds. The third kappa shape index (κ3) is 3.60. The van der Waals surface area contributed by atoms with E-state index in [0.717, 1.165) is 32.1 Å². The lowest BCUT2D eigenvalue weighted by atomic mass is 9.47. The Hall–Kier alpha value is -1.79. The minimum Gasteiger partial charge on any atom is -0.453 e. The monoisotopic (exact) mass is 444 g/mol. The Morgan fingerprint density at radius 1 is 1.12 bits per heavy atom. The van der Waals surface area contributed by atoms with E-state index in [-0.39, 0.29) is 36.1 Å². The summed E-state index contributed by atoms with van der Waals surface area (Å²) in [5, 5.41) is 11.7. The van der Waals surface area contributed by atoms with Crippen molar-refractivity contribution < 1.29 is 28.7 Å². The lowest BCUT2D eigenvalue weighted by molar-refractivity contribution is -0.862. The molecule has 0 unspecified atom stereocenters. The third-order valence-electron chi connectivity index (χ3n) is 9.14. The van der Waals surface area contributed by atoms with Gasteiger partial charge in [-0.1, -0.05) is 25.5 Å². The summed E-state index contributed by atoms with van der Waals surface area (Å²) >= 11 is 0. The van der Waals surface area contributed by atoms with Crippen LogP contribution in [0.5, 0.6) is 0 Å². The molecular weight excluding hydrogens is 406 g/mol. The maximum absolute atomic E-state index is 13.2. The number of hydrogen-bond donors (Lipinski definition) is 1. The van der Waals surface area contributed by atoms with Crippen molar-refractivity contribution in [1.29, 1.82) is 0 Å². The van der Waals surface area contributed by atoms with Gasteiger partial charge in [0.25, 0.3) is 0 Å². The summed E-state index contributed by atoms with van der Waals surface area (Å²) in [7, 11) is 5.67. The molecule has 6 atom stereocenters. The van der Waals surface area contributed by atoms with Gasteiger partial charge >= 0.3 is 5.97 Å². The number of carbonyl (C=O) groups is 3. The van der Waals surface area contributed by atoms with E-state index < -0.39 is 17.0 Å². The number of carbonyl (C=O) groups excluding carboxylic acids is 3. The molecule has 0 aliphatic heterocycles. The SMILES string of the molecule is C[C@]12C=CC(=O)C=C1CC[C@H]1[C@H]3CC[C@](O)(C(=O)COC(=O)C[N+](C)(C)C)[C@]3(C)CC[C@@H]12. The topological polar surface area (TPSA) is 80.7 Å². The van der Waals surface area contributed by atoms with Gasteiger partial charge in [0, 0.05) is 10.8 Å². The first kappa shape index (κ1) is 23.4. The first-order valence-corrected chi connectivity index (χ1v) is 12.0.